The molecule has 0 bridgehead atoms. The molecule has 4 N–H and O–H groups in total. The summed E-state index contributed by atoms with van der Waals surface area (Å²) in [6.45, 7) is -0.759. The highest BCUT2D eigenvalue weighted by Crippen LogP contribution is 2.32. The molecule has 0 unspecified atom stereocenters. The SMILES string of the molecule is COC(=O)[C@@]1(N=[N+]=[N-])O[C@H](CO)[C@H](O)[C@H](O)[C@H]1O. The first-order valence-corrected chi connectivity index (χ1v) is 4.92. The van der Waals surface area contributed by atoms with Gasteiger partial charge in [-0.2, -0.15) is 0 Å². The molecule has 0 amide bonds. The third-order valence-electron chi connectivity index (χ3n) is 2.64. The van der Waals surface area contributed by atoms with E-state index in [2.05, 4.69) is 14.8 Å². The minimum Gasteiger partial charge on any atom is -0.467 e. The first-order chi connectivity index (χ1) is 8.44. The van der Waals surface area contributed by atoms with Crippen LogP contribution in [0.4, 0.5) is 0 Å². The Labute approximate surface area is 101 Å². The molecule has 0 radical (unpaired) electrons. The Balaban J connectivity index is 3.23. The molecule has 0 aromatic heterocycles. The van der Waals surface area contributed by atoms with Crippen molar-refractivity contribution in [1.29, 1.82) is 0 Å². The van der Waals surface area contributed by atoms with Crippen LogP contribution in [0.25, 0.3) is 10.4 Å². The van der Waals surface area contributed by atoms with Crippen molar-refractivity contribution in [3.63, 3.8) is 0 Å². The second kappa shape index (κ2) is 5.48. The summed E-state index contributed by atoms with van der Waals surface area (Å²) in [6, 6.07) is 0. The lowest BCUT2D eigenvalue weighted by Gasteiger charge is -2.43. The summed E-state index contributed by atoms with van der Waals surface area (Å²) in [5.74, 6) is -1.25. The van der Waals surface area contributed by atoms with E-state index in [1.165, 1.54) is 0 Å². The molecule has 102 valence electrons. The molecule has 1 fully saturated rings. The number of aliphatic hydroxyl groups excluding tert-OH is 4. The van der Waals surface area contributed by atoms with Crippen molar-refractivity contribution in [3.05, 3.63) is 10.4 Å². The smallest absolute Gasteiger partial charge is 0.347 e. The molecule has 1 saturated heterocycles. The van der Waals surface area contributed by atoms with Crippen LogP contribution in [0.1, 0.15) is 0 Å². The maximum atomic E-state index is 11.6. The van der Waals surface area contributed by atoms with Gasteiger partial charge < -0.3 is 29.9 Å². The topological polar surface area (TPSA) is 165 Å². The number of rotatable bonds is 3. The van der Waals surface area contributed by atoms with Crippen molar-refractivity contribution in [1.82, 2.24) is 0 Å². The van der Waals surface area contributed by atoms with Gasteiger partial charge in [0.25, 0.3) is 5.72 Å². The number of hydrogen-bond donors (Lipinski definition) is 4. The number of ether oxygens (including phenoxy) is 2. The zero-order chi connectivity index (χ0) is 13.9. The van der Waals surface area contributed by atoms with E-state index < -0.39 is 42.7 Å². The Morgan fingerprint density at radius 3 is 2.56 bits per heavy atom. The molecule has 10 nitrogen and oxygen atoms in total. The predicted octanol–water partition coefficient (Wildman–Crippen LogP) is -2.36. The molecule has 18 heavy (non-hydrogen) atoms. The maximum absolute atomic E-state index is 11.6. The second-order valence-corrected chi connectivity index (χ2v) is 3.64. The summed E-state index contributed by atoms with van der Waals surface area (Å²) in [5, 5.41) is 40.7. The van der Waals surface area contributed by atoms with Crippen LogP contribution in [0.15, 0.2) is 5.11 Å². The lowest BCUT2D eigenvalue weighted by atomic mass is 9.91. The van der Waals surface area contributed by atoms with E-state index in [0.29, 0.717) is 0 Å². The minimum absolute atomic E-state index is 0.759. The van der Waals surface area contributed by atoms with Gasteiger partial charge in [0.1, 0.15) is 24.4 Å². The number of azide groups is 1. The van der Waals surface area contributed by atoms with Crippen LogP contribution in [-0.4, -0.2) is 70.3 Å². The number of esters is 1. The molecular formula is C8H13N3O7. The van der Waals surface area contributed by atoms with Gasteiger partial charge in [-0.1, -0.05) is 0 Å². The van der Waals surface area contributed by atoms with Crippen LogP contribution < -0.4 is 0 Å². The lowest BCUT2D eigenvalue weighted by molar-refractivity contribution is -0.271. The van der Waals surface area contributed by atoms with Crippen molar-refractivity contribution in [3.8, 4) is 0 Å². The van der Waals surface area contributed by atoms with E-state index in [1.54, 1.807) is 0 Å². The van der Waals surface area contributed by atoms with Crippen molar-refractivity contribution in [2.45, 2.75) is 30.1 Å². The molecule has 1 aliphatic heterocycles. The Morgan fingerprint density at radius 1 is 1.50 bits per heavy atom. The molecule has 0 aromatic carbocycles. The van der Waals surface area contributed by atoms with Crippen molar-refractivity contribution >= 4 is 5.97 Å². The molecule has 1 heterocycles. The van der Waals surface area contributed by atoms with Gasteiger partial charge in [0.15, 0.2) is 0 Å². The Bertz CT molecular complexity index is 370. The molecular weight excluding hydrogens is 250 g/mol. The average Bonchev–Trinajstić information content (AvgIpc) is 2.38. The van der Waals surface area contributed by atoms with Gasteiger partial charge in [0, 0.05) is 4.91 Å². The summed E-state index contributed by atoms with van der Waals surface area (Å²) in [7, 11) is 0.957. The van der Waals surface area contributed by atoms with Crippen molar-refractivity contribution in [2.24, 2.45) is 5.11 Å². The summed E-state index contributed by atoms with van der Waals surface area (Å²) >= 11 is 0. The van der Waals surface area contributed by atoms with Gasteiger partial charge in [-0.25, -0.2) is 4.79 Å². The van der Waals surface area contributed by atoms with E-state index in [1.807, 2.05) is 0 Å². The first kappa shape index (κ1) is 14.6. The summed E-state index contributed by atoms with van der Waals surface area (Å²) in [5.41, 5.74) is 5.86. The second-order valence-electron chi connectivity index (χ2n) is 3.64. The first-order valence-electron chi connectivity index (χ1n) is 4.92. The quantitative estimate of drug-likeness (QED) is 0.191. The fourth-order valence-corrected chi connectivity index (χ4v) is 1.66. The fraction of sp³-hybridized carbons (Fsp3) is 0.875. The number of nitrogens with zero attached hydrogens (tertiary/aromatic N) is 3. The Morgan fingerprint density at radius 2 is 2.11 bits per heavy atom. The number of carbonyl (C=O) groups is 1. The lowest BCUT2D eigenvalue weighted by Crippen LogP contribution is -2.67. The molecule has 0 aliphatic carbocycles. The normalized spacial score (nSPS) is 39.8. The molecule has 1 rings (SSSR count). The van der Waals surface area contributed by atoms with Gasteiger partial charge in [0.2, 0.25) is 0 Å². The summed E-state index contributed by atoms with van der Waals surface area (Å²) in [6.07, 6.45) is -6.93. The van der Waals surface area contributed by atoms with Crippen LogP contribution in [0.3, 0.4) is 0 Å². The van der Waals surface area contributed by atoms with Crippen molar-refractivity contribution < 1.29 is 34.7 Å². The van der Waals surface area contributed by atoms with Crippen molar-refractivity contribution in [2.75, 3.05) is 13.7 Å². The molecule has 5 atom stereocenters. The van der Waals surface area contributed by atoms with Crippen LogP contribution in [0, 0.1) is 0 Å². The Kier molecular flexibility index (Phi) is 4.46. The highest BCUT2D eigenvalue weighted by atomic mass is 16.6. The number of methoxy groups -OCH3 is 1. The largest absolute Gasteiger partial charge is 0.467 e. The fourth-order valence-electron chi connectivity index (χ4n) is 1.66. The number of carbonyl (C=O) groups excluding carboxylic acids is 1. The van der Waals surface area contributed by atoms with E-state index >= 15 is 0 Å². The van der Waals surface area contributed by atoms with Gasteiger partial charge >= 0.3 is 5.97 Å². The van der Waals surface area contributed by atoms with Crippen LogP contribution in [0.2, 0.25) is 0 Å². The van der Waals surface area contributed by atoms with E-state index in [-0.39, 0.29) is 0 Å². The van der Waals surface area contributed by atoms with Gasteiger partial charge in [-0.15, -0.1) is 0 Å². The zero-order valence-electron chi connectivity index (χ0n) is 9.37. The van der Waals surface area contributed by atoms with Crippen LogP contribution in [0.5, 0.6) is 0 Å². The average molecular weight is 263 g/mol. The Hall–Kier alpha value is -1.42. The zero-order valence-corrected chi connectivity index (χ0v) is 9.37. The minimum atomic E-state index is -2.55. The van der Waals surface area contributed by atoms with E-state index in [4.69, 9.17) is 15.4 Å². The van der Waals surface area contributed by atoms with Gasteiger partial charge in [-0.3, -0.25) is 0 Å². The highest BCUT2D eigenvalue weighted by Gasteiger charge is 2.58. The predicted molar refractivity (Wildman–Crippen MR) is 53.9 cm³/mol. The third kappa shape index (κ3) is 2.12. The maximum Gasteiger partial charge on any atom is 0.347 e. The van der Waals surface area contributed by atoms with Gasteiger partial charge in [-0.05, 0) is 10.6 Å². The van der Waals surface area contributed by atoms with E-state index in [9.17, 15) is 20.1 Å². The molecule has 0 aromatic rings. The van der Waals surface area contributed by atoms with Gasteiger partial charge in [0.05, 0.1) is 13.7 Å². The third-order valence-corrected chi connectivity index (χ3v) is 2.64. The molecule has 1 aliphatic rings. The summed E-state index contributed by atoms with van der Waals surface area (Å²) in [4.78, 5) is 13.9. The number of aliphatic hydroxyl groups is 4. The molecule has 0 spiro atoms. The van der Waals surface area contributed by atoms with Crippen LogP contribution >= 0.6 is 0 Å². The molecule has 10 heteroatoms. The number of hydrogen-bond acceptors (Lipinski definition) is 8. The van der Waals surface area contributed by atoms with Crippen LogP contribution in [-0.2, 0) is 14.3 Å². The highest BCUT2D eigenvalue weighted by molar-refractivity contribution is 5.80. The monoisotopic (exact) mass is 263 g/mol. The van der Waals surface area contributed by atoms with E-state index in [0.717, 1.165) is 7.11 Å². The summed E-state index contributed by atoms with van der Waals surface area (Å²) < 4.78 is 9.24. The molecule has 0 saturated carbocycles. The standard InChI is InChI=1S/C8H13N3O7/c1-17-7(16)8(10-11-9)6(15)5(14)4(13)3(2-12)18-8/h3-6,12-15H,2H2,1H3/t3-,4+,5+,6-,8+/m1/s1.